The second-order valence-corrected chi connectivity index (χ2v) is 5.91. The van der Waals surface area contributed by atoms with Crippen molar-refractivity contribution in [2.75, 3.05) is 6.54 Å². The number of amides is 1. The predicted molar refractivity (Wildman–Crippen MR) is 76.5 cm³/mol. The van der Waals surface area contributed by atoms with Crippen molar-refractivity contribution in [1.29, 1.82) is 0 Å². The van der Waals surface area contributed by atoms with Crippen LogP contribution in [-0.4, -0.2) is 17.4 Å². The van der Waals surface area contributed by atoms with E-state index in [2.05, 4.69) is 24.1 Å². The standard InChI is InChI=1S/C14H13NOS2/c16-14(10-1-3-12(17)4-2-10)15-7-5-13-11(9-15)6-8-18-13/h1-4,6,8,17H,5,7,9H2. The molecule has 0 unspecified atom stereocenters. The van der Waals surface area contributed by atoms with E-state index in [-0.39, 0.29) is 5.91 Å². The molecule has 1 amide bonds. The summed E-state index contributed by atoms with van der Waals surface area (Å²) in [6.45, 7) is 1.55. The summed E-state index contributed by atoms with van der Waals surface area (Å²) < 4.78 is 0. The van der Waals surface area contributed by atoms with Crippen LogP contribution in [0.4, 0.5) is 0 Å². The van der Waals surface area contributed by atoms with Gasteiger partial charge in [-0.1, -0.05) is 0 Å². The van der Waals surface area contributed by atoms with E-state index in [0.717, 1.165) is 30.0 Å². The number of benzene rings is 1. The Hall–Kier alpha value is -1.26. The van der Waals surface area contributed by atoms with Crippen molar-refractivity contribution in [2.24, 2.45) is 0 Å². The summed E-state index contributed by atoms with van der Waals surface area (Å²) in [4.78, 5) is 16.6. The van der Waals surface area contributed by atoms with E-state index in [9.17, 15) is 4.79 Å². The Morgan fingerprint density at radius 2 is 2.00 bits per heavy atom. The summed E-state index contributed by atoms with van der Waals surface area (Å²) >= 11 is 6.02. The van der Waals surface area contributed by atoms with Crippen molar-refractivity contribution in [2.45, 2.75) is 17.9 Å². The van der Waals surface area contributed by atoms with Crippen LogP contribution in [0, 0.1) is 0 Å². The lowest BCUT2D eigenvalue weighted by Crippen LogP contribution is -2.35. The Bertz CT molecular complexity index is 574. The number of fused-ring (bicyclic) bond motifs is 1. The van der Waals surface area contributed by atoms with Crippen molar-refractivity contribution < 1.29 is 4.79 Å². The van der Waals surface area contributed by atoms with Crippen LogP contribution in [0.15, 0.2) is 40.6 Å². The summed E-state index contributed by atoms with van der Waals surface area (Å²) in [6, 6.07) is 9.52. The molecule has 1 aromatic carbocycles. The van der Waals surface area contributed by atoms with E-state index in [1.54, 1.807) is 11.3 Å². The van der Waals surface area contributed by atoms with Crippen molar-refractivity contribution >= 4 is 29.9 Å². The van der Waals surface area contributed by atoms with Gasteiger partial charge in [-0.15, -0.1) is 24.0 Å². The molecule has 2 nitrogen and oxygen atoms in total. The summed E-state index contributed by atoms with van der Waals surface area (Å²) in [5, 5.41) is 2.11. The monoisotopic (exact) mass is 275 g/mol. The quantitative estimate of drug-likeness (QED) is 0.792. The van der Waals surface area contributed by atoms with E-state index >= 15 is 0 Å². The molecule has 92 valence electrons. The SMILES string of the molecule is O=C(c1ccc(S)cc1)N1CCc2sccc2C1. The number of carbonyl (C=O) groups is 1. The molecule has 0 saturated heterocycles. The highest BCUT2D eigenvalue weighted by atomic mass is 32.1. The summed E-state index contributed by atoms with van der Waals surface area (Å²) in [5.74, 6) is 0.111. The molecule has 0 atom stereocenters. The number of thiol groups is 1. The minimum absolute atomic E-state index is 0.111. The van der Waals surface area contributed by atoms with E-state index in [1.807, 2.05) is 29.2 Å². The predicted octanol–water partition coefficient (Wildman–Crippen LogP) is 3.24. The number of thiophene rings is 1. The molecule has 0 fully saturated rings. The maximum atomic E-state index is 12.3. The first kappa shape index (κ1) is 11.8. The molecular weight excluding hydrogens is 262 g/mol. The Labute approximate surface area is 116 Å². The Morgan fingerprint density at radius 3 is 2.78 bits per heavy atom. The molecule has 1 aliphatic rings. The largest absolute Gasteiger partial charge is 0.334 e. The van der Waals surface area contributed by atoms with Crippen LogP contribution in [0.3, 0.4) is 0 Å². The van der Waals surface area contributed by atoms with E-state index in [0.29, 0.717) is 0 Å². The molecule has 0 radical (unpaired) electrons. The molecule has 4 heteroatoms. The molecule has 1 aromatic heterocycles. The summed E-state index contributed by atoms with van der Waals surface area (Å²) in [6.07, 6.45) is 0.976. The van der Waals surface area contributed by atoms with Crippen LogP contribution in [0.5, 0.6) is 0 Å². The van der Waals surface area contributed by atoms with Crippen LogP contribution >= 0.6 is 24.0 Å². The number of carbonyl (C=O) groups excluding carboxylic acids is 1. The number of hydrogen-bond acceptors (Lipinski definition) is 3. The van der Waals surface area contributed by atoms with Gasteiger partial charge in [0.25, 0.3) is 5.91 Å². The fourth-order valence-corrected chi connectivity index (χ4v) is 3.25. The number of hydrogen-bond donors (Lipinski definition) is 1. The van der Waals surface area contributed by atoms with Crippen molar-refractivity contribution in [3.8, 4) is 0 Å². The first-order chi connectivity index (χ1) is 8.74. The third-order valence-electron chi connectivity index (χ3n) is 3.21. The third-order valence-corrected chi connectivity index (χ3v) is 4.53. The molecule has 2 heterocycles. The minimum atomic E-state index is 0.111. The Morgan fingerprint density at radius 1 is 1.22 bits per heavy atom. The smallest absolute Gasteiger partial charge is 0.254 e. The van der Waals surface area contributed by atoms with E-state index < -0.39 is 0 Å². The highest BCUT2D eigenvalue weighted by molar-refractivity contribution is 7.80. The van der Waals surface area contributed by atoms with Crippen molar-refractivity contribution in [3.63, 3.8) is 0 Å². The van der Waals surface area contributed by atoms with Gasteiger partial charge in [0.05, 0.1) is 0 Å². The van der Waals surface area contributed by atoms with Gasteiger partial charge < -0.3 is 4.90 Å². The zero-order valence-corrected chi connectivity index (χ0v) is 11.5. The van der Waals surface area contributed by atoms with Crippen LogP contribution in [0.2, 0.25) is 0 Å². The van der Waals surface area contributed by atoms with Gasteiger partial charge in [-0.05, 0) is 47.7 Å². The van der Waals surface area contributed by atoms with Crippen molar-refractivity contribution in [3.05, 3.63) is 51.7 Å². The summed E-state index contributed by atoms with van der Waals surface area (Å²) in [7, 11) is 0. The van der Waals surface area contributed by atoms with Crippen LogP contribution in [0.1, 0.15) is 20.8 Å². The van der Waals surface area contributed by atoms with Gasteiger partial charge in [-0.3, -0.25) is 4.79 Å². The number of rotatable bonds is 1. The fourth-order valence-electron chi connectivity index (χ4n) is 2.21. The molecule has 3 rings (SSSR count). The second kappa shape index (κ2) is 4.78. The zero-order valence-electron chi connectivity index (χ0n) is 9.80. The van der Waals surface area contributed by atoms with Crippen LogP contribution < -0.4 is 0 Å². The van der Waals surface area contributed by atoms with Gasteiger partial charge in [0.15, 0.2) is 0 Å². The lowest BCUT2D eigenvalue weighted by molar-refractivity contribution is 0.0736. The molecule has 1 aliphatic heterocycles. The van der Waals surface area contributed by atoms with E-state index in [4.69, 9.17) is 0 Å². The Kier molecular flexibility index (Phi) is 3.14. The average Bonchev–Trinajstić information content (AvgIpc) is 2.86. The molecule has 0 N–H and O–H groups in total. The fraction of sp³-hybridized carbons (Fsp3) is 0.214. The molecule has 2 aromatic rings. The molecule has 0 spiro atoms. The van der Waals surface area contributed by atoms with Gasteiger partial charge in [0.2, 0.25) is 0 Å². The maximum absolute atomic E-state index is 12.3. The van der Waals surface area contributed by atoms with Gasteiger partial charge >= 0.3 is 0 Å². The maximum Gasteiger partial charge on any atom is 0.254 e. The zero-order chi connectivity index (χ0) is 12.5. The minimum Gasteiger partial charge on any atom is -0.334 e. The first-order valence-corrected chi connectivity index (χ1v) is 7.20. The van der Waals surface area contributed by atoms with Crippen LogP contribution in [0.25, 0.3) is 0 Å². The Balaban J connectivity index is 1.80. The second-order valence-electron chi connectivity index (χ2n) is 4.39. The highest BCUT2D eigenvalue weighted by Gasteiger charge is 2.22. The lowest BCUT2D eigenvalue weighted by atomic mass is 10.1. The highest BCUT2D eigenvalue weighted by Crippen LogP contribution is 2.25. The average molecular weight is 275 g/mol. The summed E-state index contributed by atoms with van der Waals surface area (Å²) in [5.41, 5.74) is 2.04. The van der Waals surface area contributed by atoms with Crippen molar-refractivity contribution in [1.82, 2.24) is 4.90 Å². The van der Waals surface area contributed by atoms with E-state index in [1.165, 1.54) is 10.4 Å². The van der Waals surface area contributed by atoms with Gasteiger partial charge in [0.1, 0.15) is 0 Å². The molecular formula is C14H13NOS2. The number of nitrogens with zero attached hydrogens (tertiary/aromatic N) is 1. The molecule has 0 bridgehead atoms. The lowest BCUT2D eigenvalue weighted by Gasteiger charge is -2.27. The van der Waals surface area contributed by atoms with Crippen LogP contribution in [-0.2, 0) is 13.0 Å². The first-order valence-electron chi connectivity index (χ1n) is 5.87. The van der Waals surface area contributed by atoms with Gasteiger partial charge in [-0.25, -0.2) is 0 Å². The normalized spacial score (nSPS) is 14.4. The molecule has 0 saturated carbocycles. The van der Waals surface area contributed by atoms with Gasteiger partial charge in [0, 0.05) is 28.4 Å². The molecule has 18 heavy (non-hydrogen) atoms. The molecule has 0 aliphatic carbocycles. The van der Waals surface area contributed by atoms with Gasteiger partial charge in [-0.2, -0.15) is 0 Å². The third kappa shape index (κ3) is 2.18. The topological polar surface area (TPSA) is 20.3 Å².